The van der Waals surface area contributed by atoms with Crippen LogP contribution in [0.25, 0.3) is 0 Å². The van der Waals surface area contributed by atoms with Gasteiger partial charge in [0.1, 0.15) is 5.54 Å². The number of rotatable bonds is 7. The van der Waals surface area contributed by atoms with Crippen LogP contribution < -0.4 is 5.32 Å². The van der Waals surface area contributed by atoms with Gasteiger partial charge in [-0.05, 0) is 31.9 Å². The van der Waals surface area contributed by atoms with E-state index in [0.717, 1.165) is 17.9 Å². The van der Waals surface area contributed by atoms with Crippen molar-refractivity contribution in [3.63, 3.8) is 0 Å². The molecule has 0 spiro atoms. The second kappa shape index (κ2) is 5.59. The first kappa shape index (κ1) is 11.8. The quantitative estimate of drug-likeness (QED) is 0.624. The average molecular weight is 214 g/mol. The Morgan fingerprint density at radius 1 is 1.64 bits per heavy atom. The van der Waals surface area contributed by atoms with Crippen molar-refractivity contribution in [2.75, 3.05) is 18.1 Å². The molecule has 14 heavy (non-hydrogen) atoms. The maximum absolute atomic E-state index is 9.04. The van der Waals surface area contributed by atoms with E-state index in [-0.39, 0.29) is 12.1 Å². The van der Waals surface area contributed by atoms with Gasteiger partial charge in [0.2, 0.25) is 0 Å². The van der Waals surface area contributed by atoms with Crippen LogP contribution in [-0.2, 0) is 0 Å². The molecule has 0 aromatic rings. The van der Waals surface area contributed by atoms with Crippen molar-refractivity contribution in [3.8, 4) is 6.07 Å². The Morgan fingerprint density at radius 3 is 2.86 bits per heavy atom. The first-order valence-corrected chi connectivity index (χ1v) is 6.23. The van der Waals surface area contributed by atoms with Crippen LogP contribution in [0.1, 0.15) is 26.2 Å². The fourth-order valence-electron chi connectivity index (χ4n) is 1.23. The lowest BCUT2D eigenvalue weighted by molar-refractivity contribution is 0.296. The summed E-state index contributed by atoms with van der Waals surface area (Å²) in [6.45, 7) is 2.20. The standard InChI is InChI=1S/C10H18N2OS/c1-10(7-11,12-9-3-4-9)8-14-6-2-5-13/h9,12-13H,2-6,8H2,1H3. The number of nitrogens with zero attached hydrogens (tertiary/aromatic N) is 1. The summed E-state index contributed by atoms with van der Waals surface area (Å²) in [6.07, 6.45) is 3.23. The Kier molecular flexibility index (Phi) is 4.73. The van der Waals surface area contributed by atoms with Gasteiger partial charge in [-0.3, -0.25) is 5.32 Å². The SMILES string of the molecule is CC(C#N)(CSCCCO)NC1CC1. The minimum atomic E-state index is -0.388. The predicted octanol–water partition coefficient (Wildman–Crippen LogP) is 1.14. The smallest absolute Gasteiger partial charge is 0.113 e. The van der Waals surface area contributed by atoms with Crippen LogP contribution in [0.3, 0.4) is 0 Å². The van der Waals surface area contributed by atoms with Crippen molar-refractivity contribution < 1.29 is 5.11 Å². The molecule has 0 amide bonds. The van der Waals surface area contributed by atoms with Gasteiger partial charge in [0.15, 0.2) is 0 Å². The van der Waals surface area contributed by atoms with Crippen molar-refractivity contribution in [3.05, 3.63) is 0 Å². The molecule has 80 valence electrons. The summed E-state index contributed by atoms with van der Waals surface area (Å²) in [5, 5.41) is 21.0. The number of thioether (sulfide) groups is 1. The lowest BCUT2D eigenvalue weighted by Gasteiger charge is -2.22. The molecule has 1 atom stereocenters. The topological polar surface area (TPSA) is 56.0 Å². The second-order valence-electron chi connectivity index (χ2n) is 3.99. The molecule has 1 aliphatic rings. The van der Waals surface area contributed by atoms with Crippen LogP contribution >= 0.6 is 11.8 Å². The number of nitrogens with one attached hydrogen (secondary N) is 1. The van der Waals surface area contributed by atoms with Gasteiger partial charge in [0.25, 0.3) is 0 Å². The maximum atomic E-state index is 9.04. The summed E-state index contributed by atoms with van der Waals surface area (Å²) in [6, 6.07) is 2.90. The normalized spacial score (nSPS) is 20.1. The molecule has 1 aliphatic carbocycles. The monoisotopic (exact) mass is 214 g/mol. The first-order valence-electron chi connectivity index (χ1n) is 5.08. The molecule has 0 heterocycles. The highest BCUT2D eigenvalue weighted by Gasteiger charge is 2.32. The van der Waals surface area contributed by atoms with Crippen molar-refractivity contribution in [2.45, 2.75) is 37.8 Å². The van der Waals surface area contributed by atoms with E-state index in [9.17, 15) is 0 Å². The van der Waals surface area contributed by atoms with Crippen LogP contribution in [0.5, 0.6) is 0 Å². The van der Waals surface area contributed by atoms with Crippen molar-refractivity contribution in [1.29, 1.82) is 5.26 Å². The zero-order chi connectivity index (χ0) is 10.4. The molecular formula is C10H18N2OS. The van der Waals surface area contributed by atoms with Crippen molar-refractivity contribution >= 4 is 11.8 Å². The van der Waals surface area contributed by atoms with E-state index in [2.05, 4.69) is 11.4 Å². The number of aliphatic hydroxyl groups excluding tert-OH is 1. The second-order valence-corrected chi connectivity index (χ2v) is 5.10. The van der Waals surface area contributed by atoms with Gasteiger partial charge < -0.3 is 5.11 Å². The number of nitriles is 1. The summed E-state index contributed by atoms with van der Waals surface area (Å²) < 4.78 is 0. The molecule has 1 saturated carbocycles. The van der Waals surface area contributed by atoms with E-state index in [1.807, 2.05) is 6.92 Å². The molecular weight excluding hydrogens is 196 g/mol. The van der Waals surface area contributed by atoms with Gasteiger partial charge in [-0.25, -0.2) is 0 Å². The van der Waals surface area contributed by atoms with E-state index < -0.39 is 0 Å². The molecule has 0 bridgehead atoms. The van der Waals surface area contributed by atoms with E-state index in [0.29, 0.717) is 6.04 Å². The summed E-state index contributed by atoms with van der Waals surface area (Å²) in [4.78, 5) is 0. The van der Waals surface area contributed by atoms with Crippen LogP contribution in [0.2, 0.25) is 0 Å². The van der Waals surface area contributed by atoms with E-state index in [4.69, 9.17) is 10.4 Å². The summed E-state index contributed by atoms with van der Waals surface area (Å²) in [5.41, 5.74) is -0.388. The first-order chi connectivity index (χ1) is 6.70. The molecule has 1 rings (SSSR count). The van der Waals surface area contributed by atoms with Crippen molar-refractivity contribution in [2.24, 2.45) is 0 Å². The highest BCUT2D eigenvalue weighted by Crippen LogP contribution is 2.24. The lowest BCUT2D eigenvalue weighted by Crippen LogP contribution is -2.44. The highest BCUT2D eigenvalue weighted by atomic mass is 32.2. The molecule has 0 aromatic heterocycles. The third-order valence-corrected chi connectivity index (χ3v) is 3.54. The molecule has 0 saturated heterocycles. The summed E-state index contributed by atoms with van der Waals surface area (Å²) in [7, 11) is 0. The Balaban J connectivity index is 2.18. The summed E-state index contributed by atoms with van der Waals surface area (Å²) >= 11 is 1.73. The van der Waals surface area contributed by atoms with Crippen LogP contribution in [0.15, 0.2) is 0 Å². The fourth-order valence-corrected chi connectivity index (χ4v) is 2.26. The Bertz CT molecular complexity index is 213. The molecule has 0 aliphatic heterocycles. The largest absolute Gasteiger partial charge is 0.396 e. The minimum absolute atomic E-state index is 0.242. The highest BCUT2D eigenvalue weighted by molar-refractivity contribution is 7.99. The van der Waals surface area contributed by atoms with Gasteiger partial charge >= 0.3 is 0 Å². The van der Waals surface area contributed by atoms with E-state index in [1.54, 1.807) is 11.8 Å². The average Bonchev–Trinajstić information content (AvgIpc) is 2.96. The van der Waals surface area contributed by atoms with Gasteiger partial charge in [-0.2, -0.15) is 17.0 Å². The molecule has 0 radical (unpaired) electrons. The zero-order valence-corrected chi connectivity index (χ0v) is 9.44. The molecule has 2 N–H and O–H groups in total. The Hall–Kier alpha value is -0.240. The molecule has 3 nitrogen and oxygen atoms in total. The summed E-state index contributed by atoms with van der Waals surface area (Å²) in [5.74, 6) is 1.74. The maximum Gasteiger partial charge on any atom is 0.113 e. The van der Waals surface area contributed by atoms with Gasteiger partial charge in [-0.1, -0.05) is 0 Å². The van der Waals surface area contributed by atoms with Crippen LogP contribution in [-0.4, -0.2) is 34.8 Å². The Labute approximate surface area is 89.9 Å². The van der Waals surface area contributed by atoms with Crippen LogP contribution in [0, 0.1) is 11.3 Å². The number of hydrogen-bond acceptors (Lipinski definition) is 4. The minimum Gasteiger partial charge on any atom is -0.396 e. The number of hydrogen-bond donors (Lipinski definition) is 2. The molecule has 1 unspecified atom stereocenters. The van der Waals surface area contributed by atoms with Gasteiger partial charge in [-0.15, -0.1) is 0 Å². The lowest BCUT2D eigenvalue weighted by atomic mass is 10.1. The molecule has 0 aromatic carbocycles. The predicted molar refractivity (Wildman–Crippen MR) is 59.2 cm³/mol. The third-order valence-electron chi connectivity index (χ3n) is 2.18. The molecule has 4 heteroatoms. The third kappa shape index (κ3) is 4.32. The number of aliphatic hydroxyl groups is 1. The Morgan fingerprint density at radius 2 is 2.36 bits per heavy atom. The van der Waals surface area contributed by atoms with E-state index in [1.165, 1.54) is 12.8 Å². The van der Waals surface area contributed by atoms with Crippen molar-refractivity contribution in [1.82, 2.24) is 5.32 Å². The molecule has 1 fully saturated rings. The van der Waals surface area contributed by atoms with E-state index >= 15 is 0 Å². The van der Waals surface area contributed by atoms with Gasteiger partial charge in [0, 0.05) is 18.4 Å². The zero-order valence-electron chi connectivity index (χ0n) is 8.62. The van der Waals surface area contributed by atoms with Crippen LogP contribution in [0.4, 0.5) is 0 Å². The van der Waals surface area contributed by atoms with Gasteiger partial charge in [0.05, 0.1) is 6.07 Å². The fraction of sp³-hybridized carbons (Fsp3) is 0.900.